The van der Waals surface area contributed by atoms with Crippen LogP contribution in [0, 0.1) is 0 Å². The number of ether oxygens (including phenoxy) is 1. The number of rotatable bonds is 5. The summed E-state index contributed by atoms with van der Waals surface area (Å²) in [5.41, 5.74) is 6.90. The zero-order valence-corrected chi connectivity index (χ0v) is 12.3. The van der Waals surface area contributed by atoms with E-state index in [2.05, 4.69) is 16.2 Å². The Morgan fingerprint density at radius 3 is 3.10 bits per heavy atom. The maximum absolute atomic E-state index is 5.75. The van der Waals surface area contributed by atoms with Crippen molar-refractivity contribution in [2.75, 3.05) is 6.61 Å². The highest BCUT2D eigenvalue weighted by Gasteiger charge is 2.26. The zero-order chi connectivity index (χ0) is 14.7. The standard InChI is InChI=1S/C16H21N3O2/c1-11(17)5-4-8-15-18-16(19-21-15)13-9-10-20-14-7-3-2-6-12(13)14/h2-3,6-7,11,13H,4-5,8-10,17H2,1H3. The molecule has 0 bridgehead atoms. The molecule has 1 aliphatic rings. The number of hydrogen-bond acceptors (Lipinski definition) is 5. The van der Waals surface area contributed by atoms with Gasteiger partial charge in [-0.05, 0) is 32.3 Å². The number of benzene rings is 1. The molecule has 0 aliphatic carbocycles. The van der Waals surface area contributed by atoms with Crippen molar-refractivity contribution in [3.8, 4) is 5.75 Å². The molecule has 2 aromatic rings. The molecule has 0 amide bonds. The highest BCUT2D eigenvalue weighted by molar-refractivity contribution is 5.40. The second-order valence-corrected chi connectivity index (χ2v) is 5.64. The fraction of sp³-hybridized carbons (Fsp3) is 0.500. The van der Waals surface area contributed by atoms with Crippen LogP contribution in [0.3, 0.4) is 0 Å². The van der Waals surface area contributed by atoms with Gasteiger partial charge in [0.1, 0.15) is 5.75 Å². The monoisotopic (exact) mass is 287 g/mol. The number of aromatic nitrogens is 2. The van der Waals surface area contributed by atoms with E-state index in [0.717, 1.165) is 42.8 Å². The summed E-state index contributed by atoms with van der Waals surface area (Å²) < 4.78 is 11.0. The van der Waals surface area contributed by atoms with Gasteiger partial charge in [0.25, 0.3) is 0 Å². The number of nitrogens with two attached hydrogens (primary N) is 1. The Morgan fingerprint density at radius 1 is 1.38 bits per heavy atom. The number of nitrogens with zero attached hydrogens (tertiary/aromatic N) is 2. The van der Waals surface area contributed by atoms with Crippen LogP contribution in [0.5, 0.6) is 5.75 Å². The van der Waals surface area contributed by atoms with E-state index < -0.39 is 0 Å². The van der Waals surface area contributed by atoms with Gasteiger partial charge in [0.05, 0.1) is 12.5 Å². The van der Waals surface area contributed by atoms with Gasteiger partial charge in [0.15, 0.2) is 5.82 Å². The molecule has 3 rings (SSSR count). The first-order valence-corrected chi connectivity index (χ1v) is 7.54. The van der Waals surface area contributed by atoms with Crippen LogP contribution in [-0.4, -0.2) is 22.8 Å². The van der Waals surface area contributed by atoms with Crippen LogP contribution < -0.4 is 10.5 Å². The van der Waals surface area contributed by atoms with Crippen LogP contribution in [0.4, 0.5) is 0 Å². The van der Waals surface area contributed by atoms with Crippen molar-refractivity contribution in [3.63, 3.8) is 0 Å². The van der Waals surface area contributed by atoms with E-state index in [1.807, 2.05) is 25.1 Å². The number of hydrogen-bond donors (Lipinski definition) is 1. The molecule has 0 spiro atoms. The molecule has 1 aliphatic heterocycles. The largest absolute Gasteiger partial charge is 0.493 e. The minimum Gasteiger partial charge on any atom is -0.493 e. The molecule has 0 fully saturated rings. The number of aryl methyl sites for hydroxylation is 1. The second-order valence-electron chi connectivity index (χ2n) is 5.64. The summed E-state index contributed by atoms with van der Waals surface area (Å²) in [4.78, 5) is 4.56. The quantitative estimate of drug-likeness (QED) is 0.915. The van der Waals surface area contributed by atoms with Crippen molar-refractivity contribution >= 4 is 0 Å². The number of para-hydroxylation sites is 1. The van der Waals surface area contributed by atoms with Gasteiger partial charge in [-0.1, -0.05) is 23.4 Å². The Hall–Kier alpha value is -1.88. The topological polar surface area (TPSA) is 74.2 Å². The lowest BCUT2D eigenvalue weighted by Gasteiger charge is -2.23. The predicted octanol–water partition coefficient (Wildman–Crippen LogP) is 2.65. The van der Waals surface area contributed by atoms with Crippen LogP contribution in [0.1, 0.15) is 49.4 Å². The highest BCUT2D eigenvalue weighted by atomic mass is 16.5. The molecule has 5 nitrogen and oxygen atoms in total. The fourth-order valence-corrected chi connectivity index (χ4v) is 2.70. The Labute approximate surface area is 124 Å². The molecule has 21 heavy (non-hydrogen) atoms. The Bertz CT molecular complexity index is 595. The summed E-state index contributed by atoms with van der Waals surface area (Å²) >= 11 is 0. The van der Waals surface area contributed by atoms with Crippen molar-refractivity contribution in [3.05, 3.63) is 41.5 Å². The smallest absolute Gasteiger partial charge is 0.226 e. The lowest BCUT2D eigenvalue weighted by Crippen LogP contribution is -2.16. The summed E-state index contributed by atoms with van der Waals surface area (Å²) in [5, 5.41) is 4.16. The van der Waals surface area contributed by atoms with E-state index >= 15 is 0 Å². The van der Waals surface area contributed by atoms with Gasteiger partial charge in [0, 0.05) is 18.0 Å². The summed E-state index contributed by atoms with van der Waals surface area (Å²) in [5.74, 6) is 2.56. The van der Waals surface area contributed by atoms with Gasteiger partial charge in [-0.15, -0.1) is 0 Å². The van der Waals surface area contributed by atoms with Gasteiger partial charge in [-0.3, -0.25) is 0 Å². The normalized spacial score (nSPS) is 18.9. The van der Waals surface area contributed by atoms with Crippen molar-refractivity contribution in [1.29, 1.82) is 0 Å². The summed E-state index contributed by atoms with van der Waals surface area (Å²) in [6.07, 6.45) is 3.62. The van der Waals surface area contributed by atoms with Crippen molar-refractivity contribution in [2.45, 2.75) is 44.6 Å². The first-order valence-electron chi connectivity index (χ1n) is 7.54. The molecule has 2 heterocycles. The molecule has 5 heteroatoms. The van der Waals surface area contributed by atoms with Crippen LogP contribution in [0.15, 0.2) is 28.8 Å². The second kappa shape index (κ2) is 6.26. The van der Waals surface area contributed by atoms with Gasteiger partial charge < -0.3 is 15.0 Å². The maximum atomic E-state index is 5.75. The third-order valence-electron chi connectivity index (χ3n) is 3.80. The van der Waals surface area contributed by atoms with E-state index in [9.17, 15) is 0 Å². The molecular formula is C16H21N3O2. The lowest BCUT2D eigenvalue weighted by atomic mass is 9.92. The first-order chi connectivity index (χ1) is 10.2. The van der Waals surface area contributed by atoms with Gasteiger partial charge in [-0.2, -0.15) is 4.98 Å². The third kappa shape index (κ3) is 3.24. The molecular weight excluding hydrogens is 266 g/mol. The summed E-state index contributed by atoms with van der Waals surface area (Å²) in [6.45, 7) is 2.70. The van der Waals surface area contributed by atoms with Crippen molar-refractivity contribution in [1.82, 2.24) is 10.1 Å². The van der Waals surface area contributed by atoms with E-state index in [0.29, 0.717) is 12.5 Å². The van der Waals surface area contributed by atoms with Crippen LogP contribution in [0.2, 0.25) is 0 Å². The van der Waals surface area contributed by atoms with E-state index in [4.69, 9.17) is 15.0 Å². The Balaban J connectivity index is 1.72. The minimum atomic E-state index is 0.167. The van der Waals surface area contributed by atoms with E-state index in [1.165, 1.54) is 0 Å². The molecule has 0 saturated heterocycles. The van der Waals surface area contributed by atoms with Crippen LogP contribution in [-0.2, 0) is 6.42 Å². The van der Waals surface area contributed by atoms with Gasteiger partial charge in [-0.25, -0.2) is 0 Å². The fourth-order valence-electron chi connectivity index (χ4n) is 2.70. The summed E-state index contributed by atoms with van der Waals surface area (Å²) in [7, 11) is 0. The first kappa shape index (κ1) is 14.1. The molecule has 2 unspecified atom stereocenters. The molecule has 2 N–H and O–H groups in total. The lowest BCUT2D eigenvalue weighted by molar-refractivity contribution is 0.272. The Morgan fingerprint density at radius 2 is 2.24 bits per heavy atom. The molecule has 112 valence electrons. The Kier molecular flexibility index (Phi) is 4.20. The molecule has 2 atom stereocenters. The average molecular weight is 287 g/mol. The maximum Gasteiger partial charge on any atom is 0.226 e. The summed E-state index contributed by atoms with van der Waals surface area (Å²) in [6, 6.07) is 8.28. The van der Waals surface area contributed by atoms with Gasteiger partial charge in [0.2, 0.25) is 5.89 Å². The average Bonchev–Trinajstić information content (AvgIpc) is 2.95. The van der Waals surface area contributed by atoms with Gasteiger partial charge >= 0.3 is 0 Å². The highest BCUT2D eigenvalue weighted by Crippen LogP contribution is 2.36. The zero-order valence-electron chi connectivity index (χ0n) is 12.3. The molecule has 1 aromatic carbocycles. The molecule has 1 aromatic heterocycles. The number of fused-ring (bicyclic) bond motifs is 1. The molecule has 0 saturated carbocycles. The third-order valence-corrected chi connectivity index (χ3v) is 3.80. The van der Waals surface area contributed by atoms with Crippen LogP contribution in [0.25, 0.3) is 0 Å². The predicted molar refractivity (Wildman–Crippen MR) is 79.3 cm³/mol. The molecule has 0 radical (unpaired) electrons. The van der Waals surface area contributed by atoms with Crippen molar-refractivity contribution in [2.24, 2.45) is 5.73 Å². The SMILES string of the molecule is CC(N)CCCc1nc(C2CCOc3ccccc32)no1. The minimum absolute atomic E-state index is 0.167. The van der Waals surface area contributed by atoms with Crippen molar-refractivity contribution < 1.29 is 9.26 Å². The van der Waals surface area contributed by atoms with Crippen LogP contribution >= 0.6 is 0 Å². The van der Waals surface area contributed by atoms with E-state index in [1.54, 1.807) is 0 Å². The van der Waals surface area contributed by atoms with E-state index in [-0.39, 0.29) is 12.0 Å².